The van der Waals surface area contributed by atoms with Gasteiger partial charge in [-0.15, -0.1) is 11.8 Å². The van der Waals surface area contributed by atoms with Crippen molar-refractivity contribution in [1.29, 1.82) is 0 Å². The summed E-state index contributed by atoms with van der Waals surface area (Å²) in [5.41, 5.74) is 4.00. The van der Waals surface area contributed by atoms with Crippen molar-refractivity contribution in [1.82, 2.24) is 29.5 Å². The third kappa shape index (κ3) is 6.91. The first-order valence-corrected chi connectivity index (χ1v) is 15.8. The fourth-order valence-corrected chi connectivity index (χ4v) is 6.89. The number of hydrogen-bond acceptors (Lipinski definition) is 9. The molecule has 0 saturated carbocycles. The van der Waals surface area contributed by atoms with Crippen molar-refractivity contribution in [2.24, 2.45) is 0 Å². The number of rotatable bonds is 15. The molecule has 0 fully saturated rings. The number of anilines is 2. The van der Waals surface area contributed by atoms with Gasteiger partial charge in [-0.05, 0) is 29.9 Å². The van der Waals surface area contributed by atoms with Crippen molar-refractivity contribution < 1.29 is 4.74 Å². The van der Waals surface area contributed by atoms with E-state index in [2.05, 4.69) is 59.5 Å². The molecule has 1 aromatic carbocycles. The molecule has 4 heterocycles. The number of thioether (sulfide) groups is 1. The highest BCUT2D eigenvalue weighted by Crippen LogP contribution is 2.46. The molecule has 4 aromatic rings. The largest absolute Gasteiger partial charge is 0.364 e. The number of hydrogen-bond donors (Lipinski definition) is 0. The van der Waals surface area contributed by atoms with Crippen LogP contribution in [-0.4, -0.2) is 49.1 Å². The van der Waals surface area contributed by atoms with Crippen LogP contribution >= 0.6 is 23.5 Å². The van der Waals surface area contributed by atoms with Gasteiger partial charge in [-0.25, -0.2) is 24.9 Å². The lowest BCUT2D eigenvalue weighted by atomic mass is 10.1. The van der Waals surface area contributed by atoms with E-state index in [-0.39, 0.29) is 0 Å². The fraction of sp³-hybridized carbons (Fsp3) is 0.483. The van der Waals surface area contributed by atoms with Crippen LogP contribution in [0.15, 0.2) is 58.2 Å². The Morgan fingerprint density at radius 3 is 2.51 bits per heavy atom. The van der Waals surface area contributed by atoms with Gasteiger partial charge in [0, 0.05) is 30.9 Å². The minimum atomic E-state index is 0.407. The standard InChI is InChI=1S/C29H37N7OS2/c1-3-4-5-6-7-8-9-10-11-16-38-28-25-26(32-19-33-28)34-20-35(25)18-22-12-13-24-23(17-22)36(21-37-2)27-29(39-24)31-15-14-30-27/h12-15,17,19-20H,3-11,16,18,21H2,1-2H3. The van der Waals surface area contributed by atoms with Crippen LogP contribution in [0.25, 0.3) is 11.2 Å². The van der Waals surface area contributed by atoms with E-state index in [0.717, 1.165) is 43.4 Å². The lowest BCUT2D eigenvalue weighted by Crippen LogP contribution is -2.24. The zero-order valence-corrected chi connectivity index (χ0v) is 24.5. The third-order valence-electron chi connectivity index (χ3n) is 6.90. The number of fused-ring (bicyclic) bond motifs is 3. The van der Waals surface area contributed by atoms with Gasteiger partial charge in [0.25, 0.3) is 0 Å². The van der Waals surface area contributed by atoms with E-state index in [1.165, 1.54) is 63.4 Å². The normalized spacial score (nSPS) is 12.6. The molecule has 1 aliphatic rings. The smallest absolute Gasteiger partial charge is 0.181 e. The van der Waals surface area contributed by atoms with Gasteiger partial charge in [0.05, 0.1) is 12.0 Å². The number of benzene rings is 1. The summed E-state index contributed by atoms with van der Waals surface area (Å²) in [4.78, 5) is 26.0. The second-order valence-electron chi connectivity index (χ2n) is 9.84. The molecule has 206 valence electrons. The Kier molecular flexibility index (Phi) is 10.1. The van der Waals surface area contributed by atoms with Gasteiger partial charge in [0.2, 0.25) is 0 Å². The molecule has 0 atom stereocenters. The summed E-state index contributed by atoms with van der Waals surface area (Å²) in [6.45, 7) is 3.36. The molecule has 0 amide bonds. The Hall–Kier alpha value is -2.69. The molecule has 1 aliphatic heterocycles. The van der Waals surface area contributed by atoms with Crippen molar-refractivity contribution in [3.05, 3.63) is 48.8 Å². The van der Waals surface area contributed by atoms with Crippen LogP contribution in [0.5, 0.6) is 0 Å². The van der Waals surface area contributed by atoms with Crippen LogP contribution in [0.2, 0.25) is 0 Å². The third-order valence-corrected chi connectivity index (χ3v) is 9.01. The van der Waals surface area contributed by atoms with Crippen molar-refractivity contribution in [3.63, 3.8) is 0 Å². The molecule has 10 heteroatoms. The van der Waals surface area contributed by atoms with Crippen LogP contribution in [0.4, 0.5) is 11.5 Å². The molecule has 0 unspecified atom stereocenters. The molecule has 39 heavy (non-hydrogen) atoms. The molecule has 0 bridgehead atoms. The second kappa shape index (κ2) is 14.1. The van der Waals surface area contributed by atoms with Gasteiger partial charge >= 0.3 is 0 Å². The molecule has 3 aromatic heterocycles. The minimum absolute atomic E-state index is 0.407. The van der Waals surface area contributed by atoms with E-state index < -0.39 is 0 Å². The summed E-state index contributed by atoms with van der Waals surface area (Å²) >= 11 is 3.46. The van der Waals surface area contributed by atoms with Gasteiger partial charge in [-0.2, -0.15) is 0 Å². The summed E-state index contributed by atoms with van der Waals surface area (Å²) < 4.78 is 7.68. The number of unbranched alkanes of at least 4 members (excludes halogenated alkanes) is 8. The Morgan fingerprint density at radius 2 is 1.69 bits per heavy atom. The van der Waals surface area contributed by atoms with Crippen molar-refractivity contribution in [2.45, 2.75) is 86.2 Å². The number of aromatic nitrogens is 6. The molecular formula is C29H37N7OS2. The number of nitrogens with zero attached hydrogens (tertiary/aromatic N) is 7. The summed E-state index contributed by atoms with van der Waals surface area (Å²) in [6, 6.07) is 6.54. The average molecular weight is 564 g/mol. The first-order valence-electron chi connectivity index (χ1n) is 14.0. The molecule has 5 rings (SSSR count). The van der Waals surface area contributed by atoms with E-state index in [0.29, 0.717) is 13.3 Å². The van der Waals surface area contributed by atoms with Gasteiger partial charge < -0.3 is 9.30 Å². The minimum Gasteiger partial charge on any atom is -0.364 e. The monoisotopic (exact) mass is 563 g/mol. The van der Waals surface area contributed by atoms with Crippen molar-refractivity contribution in [2.75, 3.05) is 24.5 Å². The van der Waals surface area contributed by atoms with Crippen LogP contribution in [-0.2, 0) is 11.3 Å². The van der Waals surface area contributed by atoms with Crippen LogP contribution in [0.3, 0.4) is 0 Å². The first kappa shape index (κ1) is 27.9. The Balaban J connectivity index is 1.24. The van der Waals surface area contributed by atoms with Crippen LogP contribution in [0, 0.1) is 0 Å². The van der Waals surface area contributed by atoms with Crippen molar-refractivity contribution >= 4 is 46.2 Å². The summed E-state index contributed by atoms with van der Waals surface area (Å²) in [7, 11) is 1.70. The van der Waals surface area contributed by atoms with Crippen molar-refractivity contribution in [3.8, 4) is 0 Å². The van der Waals surface area contributed by atoms with E-state index in [1.54, 1.807) is 37.6 Å². The molecule has 8 nitrogen and oxygen atoms in total. The van der Waals surface area contributed by atoms with Crippen LogP contribution in [0.1, 0.15) is 70.3 Å². The second-order valence-corrected chi connectivity index (χ2v) is 11.9. The van der Waals surface area contributed by atoms with Gasteiger partial charge in [-0.1, -0.05) is 76.1 Å². The maximum Gasteiger partial charge on any atom is 0.181 e. The predicted octanol–water partition coefficient (Wildman–Crippen LogP) is 7.49. The molecule has 0 saturated heterocycles. The SMILES string of the molecule is CCCCCCCCCCCSc1ncnc2ncn(Cc3ccc4c(c3)N(COC)c3nccnc3S4)c12. The zero-order valence-electron chi connectivity index (χ0n) is 22.9. The summed E-state index contributed by atoms with van der Waals surface area (Å²) in [5, 5.41) is 1.90. The van der Waals surface area contributed by atoms with E-state index in [4.69, 9.17) is 4.74 Å². The molecular weight excluding hydrogens is 527 g/mol. The Labute approximate surface area is 239 Å². The van der Waals surface area contributed by atoms with E-state index in [9.17, 15) is 0 Å². The quantitative estimate of drug-likeness (QED) is 0.0829. The van der Waals surface area contributed by atoms with E-state index >= 15 is 0 Å². The maximum absolute atomic E-state index is 5.52. The van der Waals surface area contributed by atoms with Gasteiger partial charge in [0.15, 0.2) is 11.5 Å². The van der Waals surface area contributed by atoms with Gasteiger partial charge in [-0.3, -0.25) is 4.90 Å². The highest BCUT2D eigenvalue weighted by Gasteiger charge is 2.26. The maximum atomic E-state index is 5.52. The fourth-order valence-electron chi connectivity index (χ4n) is 4.90. The molecule has 0 N–H and O–H groups in total. The van der Waals surface area contributed by atoms with Gasteiger partial charge in [0.1, 0.15) is 28.6 Å². The zero-order chi connectivity index (χ0) is 26.9. The number of ether oxygens (including phenoxy) is 1. The van der Waals surface area contributed by atoms with E-state index in [1.807, 2.05) is 18.1 Å². The number of methoxy groups -OCH3 is 1. The number of imidazole rings is 1. The molecule has 0 spiro atoms. The summed E-state index contributed by atoms with van der Waals surface area (Å²) in [6.07, 6.45) is 19.0. The predicted molar refractivity (Wildman–Crippen MR) is 159 cm³/mol. The highest BCUT2D eigenvalue weighted by molar-refractivity contribution is 7.99. The Morgan fingerprint density at radius 1 is 0.897 bits per heavy atom. The molecule has 0 radical (unpaired) electrons. The van der Waals surface area contributed by atoms with Crippen LogP contribution < -0.4 is 4.90 Å². The first-order chi connectivity index (χ1) is 19.3. The molecule has 0 aliphatic carbocycles. The average Bonchev–Trinajstić information content (AvgIpc) is 3.37. The topological polar surface area (TPSA) is 81.9 Å². The Bertz CT molecular complexity index is 1360. The lowest BCUT2D eigenvalue weighted by Gasteiger charge is -2.30. The lowest BCUT2D eigenvalue weighted by molar-refractivity contribution is 0.204. The summed E-state index contributed by atoms with van der Waals surface area (Å²) in [5.74, 6) is 1.89. The highest BCUT2D eigenvalue weighted by atomic mass is 32.2.